The van der Waals surface area contributed by atoms with E-state index in [9.17, 15) is 20.0 Å². The maximum absolute atomic E-state index is 12.5. The number of carbonyl (C=O) groups excluding carboxylic acids is 2. The summed E-state index contributed by atoms with van der Waals surface area (Å²) < 4.78 is 4.65. The number of rotatable bonds is 6. The Balaban J connectivity index is 1.68. The monoisotopic (exact) mass is 401 g/mol. The number of nitrogens with zero attached hydrogens (tertiary/aromatic N) is 1. The number of hydrogen-bond donors (Lipinski definition) is 3. The predicted molar refractivity (Wildman–Crippen MR) is 113 cm³/mol. The van der Waals surface area contributed by atoms with Gasteiger partial charge in [-0.3, -0.25) is 4.79 Å². The van der Waals surface area contributed by atoms with Crippen molar-refractivity contribution in [1.82, 2.24) is 5.32 Å². The van der Waals surface area contributed by atoms with Crippen molar-refractivity contribution >= 4 is 28.3 Å². The third-order valence-corrected chi connectivity index (χ3v) is 4.44. The summed E-state index contributed by atoms with van der Waals surface area (Å²) in [6.45, 7) is 0.363. The Hall–Kier alpha value is -4.31. The Morgan fingerprint density at radius 3 is 2.47 bits per heavy atom. The maximum Gasteiger partial charge on any atom is 0.337 e. The zero-order valence-electron chi connectivity index (χ0n) is 16.2. The third kappa shape index (κ3) is 4.56. The van der Waals surface area contributed by atoms with Gasteiger partial charge < -0.3 is 20.5 Å². The van der Waals surface area contributed by atoms with E-state index < -0.39 is 11.9 Å². The lowest BCUT2D eigenvalue weighted by molar-refractivity contribution is -0.112. The summed E-state index contributed by atoms with van der Waals surface area (Å²) >= 11 is 0. The van der Waals surface area contributed by atoms with Crippen LogP contribution in [0.2, 0.25) is 0 Å². The lowest BCUT2D eigenvalue weighted by atomic mass is 10.1. The second kappa shape index (κ2) is 9.26. The Morgan fingerprint density at radius 2 is 1.77 bits per heavy atom. The Kier molecular flexibility index (Phi) is 6.30. The molecule has 0 unspecified atom stereocenters. The first-order chi connectivity index (χ1) is 14.5. The topological polar surface area (TPSA) is 111 Å². The van der Waals surface area contributed by atoms with Gasteiger partial charge in [-0.1, -0.05) is 36.4 Å². The molecule has 0 fully saturated rings. The van der Waals surface area contributed by atoms with Crippen LogP contribution in [0.5, 0.6) is 5.75 Å². The van der Waals surface area contributed by atoms with Gasteiger partial charge in [0.2, 0.25) is 0 Å². The second-order valence-corrected chi connectivity index (χ2v) is 6.37. The standard InChI is InChI=1S/C23H19N3O4/c1-30-23(29)16-10-8-15(9-11-16)13-25-14-17(12-24)22(28)26-20-6-2-5-19-18(20)4-3-7-21(19)27/h2-11,14,25,27H,13H2,1H3,(H,26,28)/b17-14-. The van der Waals surface area contributed by atoms with E-state index in [1.54, 1.807) is 60.7 Å². The molecule has 150 valence electrons. The van der Waals surface area contributed by atoms with Crippen molar-refractivity contribution in [2.45, 2.75) is 6.54 Å². The molecule has 3 rings (SSSR count). The first-order valence-electron chi connectivity index (χ1n) is 9.06. The quantitative estimate of drug-likeness (QED) is 0.331. The van der Waals surface area contributed by atoms with Gasteiger partial charge in [0.25, 0.3) is 5.91 Å². The molecule has 0 aromatic heterocycles. The molecule has 1 amide bonds. The van der Waals surface area contributed by atoms with E-state index >= 15 is 0 Å². The van der Waals surface area contributed by atoms with Crippen LogP contribution in [-0.4, -0.2) is 24.1 Å². The molecule has 7 heteroatoms. The molecular weight excluding hydrogens is 382 g/mol. The van der Waals surface area contributed by atoms with Gasteiger partial charge in [-0.15, -0.1) is 0 Å². The predicted octanol–water partition coefficient (Wildman–Crippen LogP) is 3.47. The van der Waals surface area contributed by atoms with E-state index in [0.29, 0.717) is 28.6 Å². The second-order valence-electron chi connectivity index (χ2n) is 6.37. The number of carbonyl (C=O) groups is 2. The molecule has 0 aliphatic carbocycles. The van der Waals surface area contributed by atoms with Crippen LogP contribution in [-0.2, 0) is 16.1 Å². The van der Waals surface area contributed by atoms with Crippen LogP contribution in [0.4, 0.5) is 5.69 Å². The van der Waals surface area contributed by atoms with Gasteiger partial charge in [-0.05, 0) is 29.8 Å². The molecule has 0 saturated heterocycles. The SMILES string of the molecule is COC(=O)c1ccc(CN/C=C(/C#N)C(=O)Nc2cccc3c(O)cccc23)cc1. The van der Waals surface area contributed by atoms with Crippen molar-refractivity contribution in [2.75, 3.05) is 12.4 Å². The summed E-state index contributed by atoms with van der Waals surface area (Å²) in [6.07, 6.45) is 1.34. The van der Waals surface area contributed by atoms with Crippen LogP contribution in [0.15, 0.2) is 72.4 Å². The lowest BCUT2D eigenvalue weighted by Crippen LogP contribution is -2.16. The van der Waals surface area contributed by atoms with E-state index in [1.807, 2.05) is 6.07 Å². The number of nitriles is 1. The summed E-state index contributed by atoms with van der Waals surface area (Å²) in [5, 5.41) is 26.2. The van der Waals surface area contributed by atoms with Gasteiger partial charge in [0.1, 0.15) is 17.4 Å². The van der Waals surface area contributed by atoms with Gasteiger partial charge in [-0.25, -0.2) is 4.79 Å². The highest BCUT2D eigenvalue weighted by atomic mass is 16.5. The summed E-state index contributed by atoms with van der Waals surface area (Å²) in [5.41, 5.74) is 1.70. The van der Waals surface area contributed by atoms with Crippen molar-refractivity contribution in [1.29, 1.82) is 5.26 Å². The van der Waals surface area contributed by atoms with Crippen molar-refractivity contribution in [3.05, 3.63) is 83.6 Å². The fraction of sp³-hybridized carbons (Fsp3) is 0.0870. The van der Waals surface area contributed by atoms with Crippen molar-refractivity contribution in [2.24, 2.45) is 0 Å². The van der Waals surface area contributed by atoms with Crippen LogP contribution >= 0.6 is 0 Å². The van der Waals surface area contributed by atoms with Gasteiger partial charge >= 0.3 is 5.97 Å². The zero-order valence-corrected chi connectivity index (χ0v) is 16.2. The number of fused-ring (bicyclic) bond motifs is 1. The highest BCUT2D eigenvalue weighted by molar-refractivity contribution is 6.11. The number of methoxy groups -OCH3 is 1. The third-order valence-electron chi connectivity index (χ3n) is 4.44. The number of esters is 1. The largest absolute Gasteiger partial charge is 0.507 e. The molecule has 0 aliphatic heterocycles. The zero-order chi connectivity index (χ0) is 21.5. The highest BCUT2D eigenvalue weighted by Gasteiger charge is 2.12. The van der Waals surface area contributed by atoms with Gasteiger partial charge in [0.05, 0.1) is 12.7 Å². The minimum atomic E-state index is -0.568. The number of benzene rings is 3. The molecule has 7 nitrogen and oxygen atoms in total. The van der Waals surface area contributed by atoms with Gasteiger partial charge in [-0.2, -0.15) is 5.26 Å². The number of anilines is 1. The van der Waals surface area contributed by atoms with Crippen molar-refractivity contribution < 1.29 is 19.4 Å². The van der Waals surface area contributed by atoms with E-state index in [2.05, 4.69) is 15.4 Å². The molecular formula is C23H19N3O4. The number of aromatic hydroxyl groups is 1. The van der Waals surface area contributed by atoms with E-state index in [-0.39, 0.29) is 11.3 Å². The average Bonchev–Trinajstić information content (AvgIpc) is 2.77. The van der Waals surface area contributed by atoms with E-state index in [1.165, 1.54) is 13.3 Å². The Morgan fingerprint density at radius 1 is 1.07 bits per heavy atom. The molecule has 3 aromatic rings. The normalized spacial score (nSPS) is 10.9. The van der Waals surface area contributed by atoms with Crippen LogP contribution < -0.4 is 10.6 Å². The highest BCUT2D eigenvalue weighted by Crippen LogP contribution is 2.29. The minimum absolute atomic E-state index is 0.0988. The minimum Gasteiger partial charge on any atom is -0.507 e. The maximum atomic E-state index is 12.5. The molecule has 0 heterocycles. The van der Waals surface area contributed by atoms with Crippen LogP contribution in [0.3, 0.4) is 0 Å². The van der Waals surface area contributed by atoms with Gasteiger partial charge in [0, 0.05) is 29.2 Å². The van der Waals surface area contributed by atoms with Gasteiger partial charge in [0.15, 0.2) is 0 Å². The number of hydrogen-bond acceptors (Lipinski definition) is 6. The summed E-state index contributed by atoms with van der Waals surface area (Å²) in [6, 6.07) is 18.8. The number of nitrogens with one attached hydrogen (secondary N) is 2. The molecule has 0 atom stereocenters. The number of phenols is 1. The fourth-order valence-corrected chi connectivity index (χ4v) is 2.89. The molecule has 30 heavy (non-hydrogen) atoms. The molecule has 3 N–H and O–H groups in total. The molecule has 0 radical (unpaired) electrons. The van der Waals surface area contributed by atoms with Crippen LogP contribution in [0.1, 0.15) is 15.9 Å². The smallest absolute Gasteiger partial charge is 0.337 e. The first-order valence-corrected chi connectivity index (χ1v) is 9.06. The number of amides is 1. The molecule has 0 spiro atoms. The number of ether oxygens (including phenoxy) is 1. The van der Waals surface area contributed by atoms with Crippen molar-refractivity contribution in [3.8, 4) is 11.8 Å². The Bertz CT molecular complexity index is 1160. The fourth-order valence-electron chi connectivity index (χ4n) is 2.89. The first kappa shape index (κ1) is 20.4. The van der Waals surface area contributed by atoms with E-state index in [0.717, 1.165) is 5.56 Å². The lowest BCUT2D eigenvalue weighted by Gasteiger charge is -2.09. The molecule has 3 aromatic carbocycles. The summed E-state index contributed by atoms with van der Waals surface area (Å²) in [4.78, 5) is 24.0. The molecule has 0 bridgehead atoms. The number of phenolic OH excluding ortho intramolecular Hbond substituents is 1. The molecule has 0 saturated carbocycles. The average molecular weight is 401 g/mol. The van der Waals surface area contributed by atoms with Crippen LogP contribution in [0.25, 0.3) is 10.8 Å². The summed E-state index contributed by atoms with van der Waals surface area (Å²) in [7, 11) is 1.32. The van der Waals surface area contributed by atoms with E-state index in [4.69, 9.17) is 0 Å². The van der Waals surface area contributed by atoms with Crippen LogP contribution in [0, 0.1) is 11.3 Å². The Labute approximate surface area is 173 Å². The summed E-state index contributed by atoms with van der Waals surface area (Å²) in [5.74, 6) is -0.874. The molecule has 0 aliphatic rings. The van der Waals surface area contributed by atoms with Crippen molar-refractivity contribution in [3.63, 3.8) is 0 Å².